The average molecular weight is 812 g/mol. The molecule has 0 saturated carbocycles. The van der Waals surface area contributed by atoms with Gasteiger partial charge in [-0.05, 0) is 104 Å². The molecule has 0 amide bonds. The van der Waals surface area contributed by atoms with E-state index in [1.165, 1.54) is 0 Å². The number of carbonyl (C=O) groups excluding carboxylic acids is 2. The lowest BCUT2D eigenvalue weighted by Crippen LogP contribution is -2.29. The van der Waals surface area contributed by atoms with Crippen molar-refractivity contribution >= 4 is 19.8 Å². The van der Waals surface area contributed by atoms with Crippen LogP contribution in [-0.4, -0.2) is 68.3 Å². The van der Waals surface area contributed by atoms with Crippen LogP contribution in [0.15, 0.2) is 122 Å². The Hall–Kier alpha value is -3.59. The molecule has 0 rings (SSSR count). The van der Waals surface area contributed by atoms with Gasteiger partial charge in [0.05, 0.1) is 13.2 Å². The Morgan fingerprint density at radius 3 is 1.30 bits per heavy atom. The first-order chi connectivity index (χ1) is 27.7. The zero-order valence-corrected chi connectivity index (χ0v) is 36.4. The number of likely N-dealkylation sites (N-methyl/N-ethyl adjacent to an activating group) is 1. The number of esters is 2. The van der Waals surface area contributed by atoms with Crippen LogP contribution < -0.4 is 0 Å². The minimum absolute atomic E-state index is 0.0199. The maximum absolute atomic E-state index is 12.6. The van der Waals surface area contributed by atoms with Crippen molar-refractivity contribution in [1.29, 1.82) is 0 Å². The summed E-state index contributed by atoms with van der Waals surface area (Å²) in [4.78, 5) is 36.9. The molecular formula is C47H74NO8P. The first-order valence-electron chi connectivity index (χ1n) is 20.8. The Morgan fingerprint density at radius 2 is 0.912 bits per heavy atom. The first kappa shape index (κ1) is 53.4. The highest BCUT2D eigenvalue weighted by Gasteiger charge is 2.26. The van der Waals surface area contributed by atoms with Gasteiger partial charge in [0.2, 0.25) is 0 Å². The number of phosphoric acid groups is 1. The normalized spacial score (nSPS) is 14.6. The van der Waals surface area contributed by atoms with Gasteiger partial charge >= 0.3 is 19.8 Å². The molecule has 2 atom stereocenters. The third-order valence-electron chi connectivity index (χ3n) is 7.76. The molecule has 0 spiro atoms. The summed E-state index contributed by atoms with van der Waals surface area (Å²) in [5.41, 5.74) is 0. The summed E-state index contributed by atoms with van der Waals surface area (Å²) >= 11 is 0. The molecule has 1 N–H and O–H groups in total. The summed E-state index contributed by atoms with van der Waals surface area (Å²) in [6.45, 7) is 3.92. The number of ether oxygens (including phenoxy) is 2. The zero-order chi connectivity index (χ0) is 41.9. The van der Waals surface area contributed by atoms with Crippen LogP contribution in [0.4, 0.5) is 0 Å². The standard InChI is InChI=1S/C47H74NO8P/c1-5-7-9-11-13-15-17-19-21-23-25-27-29-31-33-35-37-39-46(49)53-43-45(44-55-57(51,52)54-42-41-48(3)4)56-47(50)40-38-36-34-32-30-28-26-24-22-20-18-16-14-12-10-8-6-2/h7-10,13-16,19-22,25-28,31-34,45H,5-6,11-12,17-18,23-24,29-30,35-44H2,1-4H3,(H,51,52)/b9-7-,10-8-,15-13-,16-14-,21-19-,22-20-,27-25-,28-26-,33-31-,34-32-. The minimum atomic E-state index is -4.40. The van der Waals surface area contributed by atoms with Gasteiger partial charge in [-0.2, -0.15) is 0 Å². The van der Waals surface area contributed by atoms with Crippen molar-refractivity contribution in [3.05, 3.63) is 122 Å². The van der Waals surface area contributed by atoms with E-state index >= 15 is 0 Å². The SMILES string of the molecule is CC/C=C\C/C=C\C/C=C\C/C=C\C/C=C\CCCC(=O)OCC(COP(=O)(O)OCCN(C)C)OC(=O)CCC/C=C\C/C=C\C/C=C\C/C=C\C/C=C\CC. The van der Waals surface area contributed by atoms with Gasteiger partial charge in [-0.1, -0.05) is 135 Å². The molecule has 0 aliphatic heterocycles. The van der Waals surface area contributed by atoms with Crippen LogP contribution in [0.25, 0.3) is 0 Å². The molecule has 0 fully saturated rings. The highest BCUT2D eigenvalue weighted by atomic mass is 31.2. The number of carbonyl (C=O) groups is 2. The van der Waals surface area contributed by atoms with Gasteiger partial charge in [-0.15, -0.1) is 0 Å². The monoisotopic (exact) mass is 812 g/mol. The van der Waals surface area contributed by atoms with E-state index in [9.17, 15) is 19.0 Å². The van der Waals surface area contributed by atoms with Crippen molar-refractivity contribution in [2.24, 2.45) is 0 Å². The highest BCUT2D eigenvalue weighted by molar-refractivity contribution is 7.47. The van der Waals surface area contributed by atoms with Gasteiger partial charge in [0, 0.05) is 19.4 Å². The van der Waals surface area contributed by atoms with Crippen molar-refractivity contribution in [3.8, 4) is 0 Å². The number of hydrogen-bond acceptors (Lipinski definition) is 8. The van der Waals surface area contributed by atoms with E-state index in [0.29, 0.717) is 25.8 Å². The summed E-state index contributed by atoms with van der Waals surface area (Å²) in [7, 11) is -0.785. The second-order valence-electron chi connectivity index (χ2n) is 13.4. The van der Waals surface area contributed by atoms with Crippen molar-refractivity contribution in [2.45, 2.75) is 123 Å². The molecule has 0 bridgehead atoms. The van der Waals surface area contributed by atoms with Gasteiger partial charge < -0.3 is 19.3 Å². The largest absolute Gasteiger partial charge is 0.472 e. The van der Waals surface area contributed by atoms with Gasteiger partial charge in [-0.25, -0.2) is 4.57 Å². The Kier molecular flexibility index (Phi) is 38.0. The summed E-state index contributed by atoms with van der Waals surface area (Å²) < 4.78 is 33.3. The summed E-state index contributed by atoms with van der Waals surface area (Å²) in [5, 5.41) is 0. The lowest BCUT2D eigenvalue weighted by Gasteiger charge is -2.20. The van der Waals surface area contributed by atoms with Crippen LogP contribution in [0, 0.1) is 0 Å². The van der Waals surface area contributed by atoms with E-state index in [4.69, 9.17) is 18.5 Å². The van der Waals surface area contributed by atoms with E-state index in [2.05, 4.69) is 123 Å². The molecule has 0 aromatic carbocycles. The van der Waals surface area contributed by atoms with Crippen molar-refractivity contribution in [2.75, 3.05) is 40.5 Å². The average Bonchev–Trinajstić information content (AvgIpc) is 3.18. The molecule has 0 aliphatic rings. The molecule has 320 valence electrons. The van der Waals surface area contributed by atoms with Crippen molar-refractivity contribution < 1.29 is 37.6 Å². The van der Waals surface area contributed by atoms with Crippen LogP contribution in [-0.2, 0) is 32.7 Å². The number of rotatable bonds is 36. The van der Waals surface area contributed by atoms with E-state index in [0.717, 1.165) is 70.6 Å². The molecule has 0 aliphatic carbocycles. The maximum atomic E-state index is 12.6. The van der Waals surface area contributed by atoms with Gasteiger partial charge in [0.1, 0.15) is 6.61 Å². The van der Waals surface area contributed by atoms with Gasteiger partial charge in [0.25, 0.3) is 0 Å². The lowest BCUT2D eigenvalue weighted by molar-refractivity contribution is -0.161. The van der Waals surface area contributed by atoms with E-state index in [1.807, 2.05) is 12.2 Å². The Balaban J connectivity index is 4.55. The molecule has 0 aromatic rings. The lowest BCUT2D eigenvalue weighted by atomic mass is 10.2. The quantitative estimate of drug-likeness (QED) is 0.0286. The number of phosphoric ester groups is 1. The molecule has 2 unspecified atom stereocenters. The number of hydrogen-bond donors (Lipinski definition) is 1. The number of unbranched alkanes of at least 4 members (excludes halogenated alkanes) is 2. The third-order valence-corrected chi connectivity index (χ3v) is 8.75. The molecule has 10 heteroatoms. The maximum Gasteiger partial charge on any atom is 0.472 e. The minimum Gasteiger partial charge on any atom is -0.462 e. The van der Waals surface area contributed by atoms with E-state index in [-0.39, 0.29) is 26.1 Å². The molecule has 0 aromatic heterocycles. The third kappa shape index (κ3) is 41.9. The Labute approximate surface area is 346 Å². The fourth-order valence-electron chi connectivity index (χ4n) is 4.64. The fraction of sp³-hybridized carbons (Fsp3) is 0.532. The molecule has 57 heavy (non-hydrogen) atoms. The van der Waals surface area contributed by atoms with E-state index in [1.54, 1.807) is 19.0 Å². The van der Waals surface area contributed by atoms with Crippen molar-refractivity contribution in [1.82, 2.24) is 4.90 Å². The van der Waals surface area contributed by atoms with Gasteiger partial charge in [0.15, 0.2) is 6.10 Å². The predicted octanol–water partition coefficient (Wildman–Crippen LogP) is 12.0. The molecule has 0 heterocycles. The summed E-state index contributed by atoms with van der Waals surface area (Å²) in [6.07, 6.45) is 54.1. The van der Waals surface area contributed by atoms with Crippen LogP contribution in [0.1, 0.15) is 117 Å². The summed E-state index contributed by atoms with van der Waals surface area (Å²) in [6, 6.07) is 0. The van der Waals surface area contributed by atoms with Gasteiger partial charge in [-0.3, -0.25) is 18.6 Å². The second-order valence-corrected chi connectivity index (χ2v) is 14.8. The zero-order valence-electron chi connectivity index (χ0n) is 35.5. The van der Waals surface area contributed by atoms with Crippen LogP contribution >= 0.6 is 7.82 Å². The summed E-state index contributed by atoms with van der Waals surface area (Å²) in [5.74, 6) is -0.956. The predicted molar refractivity (Wildman–Crippen MR) is 238 cm³/mol. The van der Waals surface area contributed by atoms with Crippen LogP contribution in [0.3, 0.4) is 0 Å². The Bertz CT molecular complexity index is 1350. The van der Waals surface area contributed by atoms with E-state index < -0.39 is 32.5 Å². The first-order valence-corrected chi connectivity index (χ1v) is 22.3. The molecule has 9 nitrogen and oxygen atoms in total. The fourth-order valence-corrected chi connectivity index (χ4v) is 5.38. The topological polar surface area (TPSA) is 112 Å². The second kappa shape index (κ2) is 40.6. The smallest absolute Gasteiger partial charge is 0.462 e. The molecular weight excluding hydrogens is 737 g/mol. The molecule has 0 radical (unpaired) electrons. The van der Waals surface area contributed by atoms with Crippen LogP contribution in [0.5, 0.6) is 0 Å². The number of allylic oxidation sites excluding steroid dienone is 20. The molecule has 0 saturated heterocycles. The van der Waals surface area contributed by atoms with Crippen LogP contribution in [0.2, 0.25) is 0 Å². The number of nitrogens with zero attached hydrogens (tertiary/aromatic N) is 1. The highest BCUT2D eigenvalue weighted by Crippen LogP contribution is 2.43. The Morgan fingerprint density at radius 1 is 0.544 bits per heavy atom. The van der Waals surface area contributed by atoms with Crippen molar-refractivity contribution in [3.63, 3.8) is 0 Å².